The Morgan fingerprint density at radius 2 is 2.12 bits per heavy atom. The highest BCUT2D eigenvalue weighted by molar-refractivity contribution is 7.14. The normalized spacial score (nSPS) is 31.7. The Labute approximate surface area is 144 Å². The van der Waals surface area contributed by atoms with Crippen molar-refractivity contribution >= 4 is 22.4 Å². The largest absolute Gasteiger partial charge is 0.439 e. The average Bonchev–Trinajstić information content (AvgIpc) is 3.22. The molecule has 5 nitrogen and oxygen atoms in total. The summed E-state index contributed by atoms with van der Waals surface area (Å²) >= 11 is 1.58. The number of thiophene rings is 1. The fourth-order valence-electron chi connectivity index (χ4n) is 4.32. The number of carbonyl (C=O) groups excluding carboxylic acids is 1. The van der Waals surface area contributed by atoms with Gasteiger partial charge in [-0.05, 0) is 44.1 Å². The van der Waals surface area contributed by atoms with E-state index < -0.39 is 0 Å². The number of fused-ring (bicyclic) bond motifs is 2. The van der Waals surface area contributed by atoms with Crippen LogP contribution >= 0.6 is 11.3 Å². The lowest BCUT2D eigenvalue weighted by Crippen LogP contribution is -2.61. The van der Waals surface area contributed by atoms with Crippen LogP contribution in [0.15, 0.2) is 35.8 Å². The molecule has 1 unspecified atom stereocenters. The van der Waals surface area contributed by atoms with Crippen molar-refractivity contribution < 1.29 is 9.53 Å². The number of ether oxygens (including phenoxy) is 1. The summed E-state index contributed by atoms with van der Waals surface area (Å²) in [5.41, 5.74) is 1.69. The highest BCUT2D eigenvalue weighted by Crippen LogP contribution is 2.44. The molecule has 2 aromatic heterocycles. The second-order valence-corrected chi connectivity index (χ2v) is 7.85. The van der Waals surface area contributed by atoms with Crippen molar-refractivity contribution in [3.8, 4) is 11.3 Å². The molecule has 1 atom stereocenters. The Morgan fingerprint density at radius 3 is 2.83 bits per heavy atom. The highest BCUT2D eigenvalue weighted by Gasteiger charge is 2.55. The van der Waals surface area contributed by atoms with E-state index in [4.69, 9.17) is 4.74 Å². The van der Waals surface area contributed by atoms with Crippen LogP contribution in [0.5, 0.6) is 0 Å². The lowest BCUT2D eigenvalue weighted by atomic mass is 9.75. The summed E-state index contributed by atoms with van der Waals surface area (Å²) in [6.45, 7) is 3.85. The van der Waals surface area contributed by atoms with Crippen LogP contribution in [0, 0.1) is 5.92 Å². The number of pyridine rings is 1. The lowest BCUT2D eigenvalue weighted by Gasteiger charge is -2.49. The lowest BCUT2D eigenvalue weighted by molar-refractivity contribution is -0.0881. The zero-order valence-corrected chi connectivity index (χ0v) is 14.2. The van der Waals surface area contributed by atoms with Gasteiger partial charge in [-0.2, -0.15) is 0 Å². The molecule has 0 saturated carbocycles. The van der Waals surface area contributed by atoms with Crippen LogP contribution in [0.4, 0.5) is 9.80 Å². The number of rotatable bonds is 2. The predicted octanol–water partition coefficient (Wildman–Crippen LogP) is 3.23. The molecule has 6 rings (SSSR count). The van der Waals surface area contributed by atoms with Crippen LogP contribution in [-0.2, 0) is 4.74 Å². The Balaban J connectivity index is 1.42. The molecule has 2 bridgehead atoms. The van der Waals surface area contributed by atoms with E-state index in [-0.39, 0.29) is 11.7 Å². The number of anilines is 1. The SMILES string of the molecule is O=C1OC2(CN3CCC2CC3)CN1c1cc(-c2ccccn2)cs1. The Morgan fingerprint density at radius 1 is 1.25 bits per heavy atom. The molecule has 4 aliphatic rings. The molecule has 0 N–H and O–H groups in total. The molecular formula is C18H19N3O2S. The maximum atomic E-state index is 12.5. The third-order valence-corrected chi connectivity index (χ3v) is 6.52. The molecule has 124 valence electrons. The molecule has 24 heavy (non-hydrogen) atoms. The van der Waals surface area contributed by atoms with Gasteiger partial charge in [-0.1, -0.05) is 6.07 Å². The molecule has 0 aliphatic carbocycles. The average molecular weight is 341 g/mol. The quantitative estimate of drug-likeness (QED) is 0.841. The molecule has 2 aromatic rings. The van der Waals surface area contributed by atoms with Gasteiger partial charge in [0, 0.05) is 29.6 Å². The van der Waals surface area contributed by atoms with Crippen LogP contribution in [0.25, 0.3) is 11.3 Å². The van der Waals surface area contributed by atoms with Crippen molar-refractivity contribution in [3.05, 3.63) is 35.8 Å². The summed E-state index contributed by atoms with van der Waals surface area (Å²) in [5, 5.41) is 3.01. The standard InChI is InChI=1S/C18H19N3O2S/c22-17-21(12-18(23-17)11-20-7-4-14(18)5-8-20)16-9-13(10-24-16)15-3-1-2-6-19-15/h1-3,6,9-10,14H,4-5,7-8,11-12H2. The number of aromatic nitrogens is 1. The van der Waals surface area contributed by atoms with Crippen molar-refractivity contribution in [3.63, 3.8) is 0 Å². The number of carbonyl (C=O) groups is 1. The first-order valence-corrected chi connectivity index (χ1v) is 9.34. The fourth-order valence-corrected chi connectivity index (χ4v) is 5.21. The van der Waals surface area contributed by atoms with Gasteiger partial charge in [-0.3, -0.25) is 14.8 Å². The minimum absolute atomic E-state index is 0.196. The molecule has 4 saturated heterocycles. The summed E-state index contributed by atoms with van der Waals surface area (Å²) in [5.74, 6) is 0.506. The van der Waals surface area contributed by atoms with E-state index in [2.05, 4.69) is 21.3 Å². The fraction of sp³-hybridized carbons (Fsp3) is 0.444. The first-order valence-electron chi connectivity index (χ1n) is 8.46. The summed E-state index contributed by atoms with van der Waals surface area (Å²) in [6.07, 6.45) is 3.88. The van der Waals surface area contributed by atoms with Crippen molar-refractivity contribution in [2.75, 3.05) is 31.1 Å². The molecule has 0 aromatic carbocycles. The van der Waals surface area contributed by atoms with Gasteiger partial charge in [-0.25, -0.2) is 4.79 Å². The number of nitrogens with zero attached hydrogens (tertiary/aromatic N) is 3. The first-order chi connectivity index (χ1) is 11.7. The third-order valence-electron chi connectivity index (χ3n) is 5.57. The molecule has 6 heteroatoms. The number of hydrogen-bond acceptors (Lipinski definition) is 5. The van der Waals surface area contributed by atoms with Crippen molar-refractivity contribution in [2.45, 2.75) is 18.4 Å². The van der Waals surface area contributed by atoms with E-state index in [0.29, 0.717) is 12.5 Å². The van der Waals surface area contributed by atoms with Crippen LogP contribution in [0.3, 0.4) is 0 Å². The van der Waals surface area contributed by atoms with Gasteiger partial charge in [0.1, 0.15) is 10.6 Å². The van der Waals surface area contributed by atoms with Gasteiger partial charge in [-0.15, -0.1) is 11.3 Å². The maximum absolute atomic E-state index is 12.5. The maximum Gasteiger partial charge on any atom is 0.415 e. The van der Waals surface area contributed by atoms with Gasteiger partial charge in [0.05, 0.1) is 12.2 Å². The second kappa shape index (κ2) is 5.29. The molecular weight excluding hydrogens is 322 g/mol. The van der Waals surface area contributed by atoms with E-state index >= 15 is 0 Å². The van der Waals surface area contributed by atoms with Crippen LogP contribution in [0.1, 0.15) is 12.8 Å². The highest BCUT2D eigenvalue weighted by atomic mass is 32.1. The van der Waals surface area contributed by atoms with E-state index in [1.807, 2.05) is 23.1 Å². The first kappa shape index (κ1) is 14.4. The van der Waals surface area contributed by atoms with E-state index in [9.17, 15) is 4.79 Å². The number of hydrogen-bond donors (Lipinski definition) is 0. The Kier molecular flexibility index (Phi) is 3.18. The molecule has 1 spiro atoms. The molecule has 0 radical (unpaired) electrons. The molecule has 4 aliphatic heterocycles. The van der Waals surface area contributed by atoms with Crippen LogP contribution < -0.4 is 4.90 Å². The minimum atomic E-state index is -0.303. The smallest absolute Gasteiger partial charge is 0.415 e. The van der Waals surface area contributed by atoms with Gasteiger partial charge in [0.2, 0.25) is 0 Å². The van der Waals surface area contributed by atoms with Crippen LogP contribution in [0.2, 0.25) is 0 Å². The monoisotopic (exact) mass is 341 g/mol. The van der Waals surface area contributed by atoms with Crippen molar-refractivity contribution in [1.29, 1.82) is 0 Å². The second-order valence-electron chi connectivity index (χ2n) is 6.96. The van der Waals surface area contributed by atoms with E-state index in [1.165, 1.54) is 0 Å². The zero-order chi connectivity index (χ0) is 16.1. The van der Waals surface area contributed by atoms with Crippen molar-refractivity contribution in [1.82, 2.24) is 9.88 Å². The summed E-state index contributed by atoms with van der Waals surface area (Å²) in [4.78, 5) is 21.2. The topological polar surface area (TPSA) is 45.7 Å². The minimum Gasteiger partial charge on any atom is -0.439 e. The van der Waals surface area contributed by atoms with Gasteiger partial charge >= 0.3 is 6.09 Å². The van der Waals surface area contributed by atoms with E-state index in [0.717, 1.165) is 48.7 Å². The Hall–Kier alpha value is -1.92. The summed E-state index contributed by atoms with van der Waals surface area (Å²) in [6, 6.07) is 7.93. The molecule has 6 heterocycles. The zero-order valence-electron chi connectivity index (χ0n) is 13.4. The number of piperidine rings is 3. The van der Waals surface area contributed by atoms with Gasteiger partial charge < -0.3 is 4.74 Å². The third kappa shape index (κ3) is 2.17. The molecule has 4 fully saturated rings. The number of amides is 1. The van der Waals surface area contributed by atoms with E-state index in [1.54, 1.807) is 17.5 Å². The summed E-state index contributed by atoms with van der Waals surface area (Å²) < 4.78 is 5.94. The van der Waals surface area contributed by atoms with Gasteiger partial charge in [0.15, 0.2) is 0 Å². The van der Waals surface area contributed by atoms with Crippen molar-refractivity contribution in [2.24, 2.45) is 5.92 Å². The summed E-state index contributed by atoms with van der Waals surface area (Å²) in [7, 11) is 0. The Bertz CT molecular complexity index is 770. The molecule has 1 amide bonds. The van der Waals surface area contributed by atoms with Crippen LogP contribution in [-0.4, -0.2) is 47.8 Å². The predicted molar refractivity (Wildman–Crippen MR) is 93.3 cm³/mol. The van der Waals surface area contributed by atoms with Gasteiger partial charge in [0.25, 0.3) is 0 Å².